The largest absolute Gasteiger partial charge is 0.468 e. The fraction of sp³-hybridized carbons (Fsp3) is 0.909. The fourth-order valence-electron chi connectivity index (χ4n) is 1.21. The van der Waals surface area contributed by atoms with E-state index in [0.717, 1.165) is 25.5 Å². The van der Waals surface area contributed by atoms with Crippen LogP contribution in [0.1, 0.15) is 39.5 Å². The van der Waals surface area contributed by atoms with Crippen LogP contribution >= 0.6 is 11.8 Å². The normalized spacial score (nSPS) is 13.6. The van der Waals surface area contributed by atoms with E-state index in [4.69, 9.17) is 0 Å². The molecule has 0 aromatic heterocycles. The molecule has 0 saturated heterocycles. The predicted molar refractivity (Wildman–Crippen MR) is 63.0 cm³/mol. The summed E-state index contributed by atoms with van der Waals surface area (Å²) in [7, 11) is 1.36. The Morgan fingerprint density at radius 1 is 1.38 bits per heavy atom. The molecule has 0 spiro atoms. The molecule has 1 atom stereocenters. The molecule has 0 aromatic rings. The van der Waals surface area contributed by atoms with Gasteiger partial charge >= 0.3 is 5.97 Å². The van der Waals surface area contributed by atoms with E-state index in [0.29, 0.717) is 6.42 Å². The Hall–Kier alpha value is -0.320. The lowest BCUT2D eigenvalue weighted by molar-refractivity contribution is -0.139. The van der Waals surface area contributed by atoms with Gasteiger partial charge in [0.25, 0.3) is 0 Å². The minimum atomic E-state index is -2.55. The van der Waals surface area contributed by atoms with Gasteiger partial charge in [-0.05, 0) is 32.4 Å². The van der Waals surface area contributed by atoms with Gasteiger partial charge in [-0.2, -0.15) is 0 Å². The number of thioether (sulfide) groups is 1. The Morgan fingerprint density at radius 2 is 2.00 bits per heavy atom. The summed E-state index contributed by atoms with van der Waals surface area (Å²) in [6.45, 7) is 2.73. The van der Waals surface area contributed by atoms with E-state index in [9.17, 15) is 13.6 Å². The third kappa shape index (κ3) is 8.95. The van der Waals surface area contributed by atoms with Crippen molar-refractivity contribution in [1.29, 1.82) is 0 Å². The van der Waals surface area contributed by atoms with Crippen molar-refractivity contribution in [1.82, 2.24) is 0 Å². The van der Waals surface area contributed by atoms with Crippen molar-refractivity contribution in [3.05, 3.63) is 0 Å². The maximum atomic E-state index is 12.4. The average molecular weight is 254 g/mol. The van der Waals surface area contributed by atoms with Gasteiger partial charge < -0.3 is 4.74 Å². The summed E-state index contributed by atoms with van der Waals surface area (Å²) < 4.78 is 29.5. The molecule has 0 aliphatic carbocycles. The molecule has 16 heavy (non-hydrogen) atoms. The first-order valence-corrected chi connectivity index (χ1v) is 6.49. The van der Waals surface area contributed by atoms with Crippen molar-refractivity contribution in [2.24, 2.45) is 0 Å². The second kappa shape index (κ2) is 7.87. The minimum Gasteiger partial charge on any atom is -0.468 e. The quantitative estimate of drug-likeness (QED) is 0.490. The van der Waals surface area contributed by atoms with Crippen molar-refractivity contribution >= 4 is 17.7 Å². The molecule has 5 heteroatoms. The number of carbonyl (C=O) groups is 1. The van der Waals surface area contributed by atoms with E-state index in [-0.39, 0.29) is 17.6 Å². The van der Waals surface area contributed by atoms with Crippen LogP contribution in [0.3, 0.4) is 0 Å². The van der Waals surface area contributed by atoms with Crippen LogP contribution in [0.25, 0.3) is 0 Å². The maximum Gasteiger partial charge on any atom is 0.318 e. The van der Waals surface area contributed by atoms with E-state index < -0.39 is 5.92 Å². The molecule has 0 aliphatic heterocycles. The van der Waals surface area contributed by atoms with Crippen LogP contribution in [0, 0.1) is 0 Å². The molecule has 0 N–H and O–H groups in total. The summed E-state index contributed by atoms with van der Waals surface area (Å²) in [5, 5.41) is -0.169. The van der Waals surface area contributed by atoms with Crippen molar-refractivity contribution in [2.75, 3.05) is 12.9 Å². The van der Waals surface area contributed by atoms with E-state index in [2.05, 4.69) is 4.74 Å². The topological polar surface area (TPSA) is 26.3 Å². The van der Waals surface area contributed by atoms with Crippen LogP contribution in [0.4, 0.5) is 8.78 Å². The average Bonchev–Trinajstić information content (AvgIpc) is 2.20. The Morgan fingerprint density at radius 3 is 2.50 bits per heavy atom. The number of unbranched alkanes of at least 4 members (excludes halogenated alkanes) is 2. The summed E-state index contributed by atoms with van der Waals surface area (Å²) >= 11 is 1.50. The summed E-state index contributed by atoms with van der Waals surface area (Å²) in [5.41, 5.74) is 0. The van der Waals surface area contributed by atoms with Crippen molar-refractivity contribution in [2.45, 2.75) is 50.7 Å². The number of ether oxygens (including phenoxy) is 1. The monoisotopic (exact) mass is 254 g/mol. The second-order valence-corrected chi connectivity index (χ2v) is 5.37. The molecular formula is C11H20F2O2S. The Kier molecular flexibility index (Phi) is 7.72. The van der Waals surface area contributed by atoms with Crippen LogP contribution in [0.2, 0.25) is 0 Å². The highest BCUT2D eigenvalue weighted by atomic mass is 32.2. The number of halogens is 2. The van der Waals surface area contributed by atoms with E-state index in [1.54, 1.807) is 6.92 Å². The molecule has 0 saturated carbocycles. The fourth-order valence-corrected chi connectivity index (χ4v) is 2.17. The van der Waals surface area contributed by atoms with Crippen LogP contribution < -0.4 is 0 Å². The number of methoxy groups -OCH3 is 1. The van der Waals surface area contributed by atoms with Crippen molar-refractivity contribution in [3.8, 4) is 0 Å². The smallest absolute Gasteiger partial charge is 0.318 e. The maximum absolute atomic E-state index is 12.4. The summed E-state index contributed by atoms with van der Waals surface area (Å²) in [6, 6.07) is 0. The van der Waals surface area contributed by atoms with Gasteiger partial charge in [0.1, 0.15) is 0 Å². The van der Waals surface area contributed by atoms with Crippen LogP contribution in [0.5, 0.6) is 0 Å². The Balaban J connectivity index is 3.37. The van der Waals surface area contributed by atoms with Gasteiger partial charge in [0, 0.05) is 6.42 Å². The highest BCUT2D eigenvalue weighted by molar-refractivity contribution is 8.00. The number of esters is 1. The van der Waals surface area contributed by atoms with E-state index >= 15 is 0 Å². The molecule has 0 rings (SSSR count). The van der Waals surface area contributed by atoms with Crippen LogP contribution in [0.15, 0.2) is 0 Å². The predicted octanol–water partition coefficient (Wildman–Crippen LogP) is 3.50. The van der Waals surface area contributed by atoms with Gasteiger partial charge in [0.2, 0.25) is 5.92 Å². The standard InChI is InChI=1S/C11H20F2O2S/c1-9(10(14)15-3)16-8-6-4-5-7-11(2,12)13/h9H,4-8H2,1-3H3. The molecule has 0 heterocycles. The summed E-state index contributed by atoms with van der Waals surface area (Å²) in [6.07, 6.45) is 2.13. The highest BCUT2D eigenvalue weighted by Gasteiger charge is 2.19. The lowest BCUT2D eigenvalue weighted by Gasteiger charge is -2.10. The number of hydrogen-bond acceptors (Lipinski definition) is 3. The zero-order chi connectivity index (χ0) is 12.6. The summed E-state index contributed by atoms with van der Waals surface area (Å²) in [4.78, 5) is 11.0. The van der Waals surface area contributed by atoms with Gasteiger partial charge in [-0.3, -0.25) is 4.79 Å². The molecule has 96 valence electrons. The molecule has 0 amide bonds. The molecule has 2 nitrogen and oxygen atoms in total. The number of hydrogen-bond donors (Lipinski definition) is 0. The van der Waals surface area contributed by atoms with Gasteiger partial charge in [-0.1, -0.05) is 6.42 Å². The lowest BCUT2D eigenvalue weighted by atomic mass is 10.1. The van der Waals surface area contributed by atoms with Gasteiger partial charge in [-0.25, -0.2) is 8.78 Å². The van der Waals surface area contributed by atoms with Crippen LogP contribution in [-0.4, -0.2) is 30.0 Å². The summed E-state index contributed by atoms with van der Waals surface area (Å²) in [5.74, 6) is -1.97. The first kappa shape index (κ1) is 15.7. The van der Waals surface area contributed by atoms with Crippen molar-refractivity contribution in [3.63, 3.8) is 0 Å². The first-order valence-electron chi connectivity index (χ1n) is 5.44. The zero-order valence-electron chi connectivity index (χ0n) is 10.1. The SMILES string of the molecule is COC(=O)C(C)SCCCCCC(C)(F)F. The van der Waals surface area contributed by atoms with E-state index in [1.165, 1.54) is 18.9 Å². The van der Waals surface area contributed by atoms with E-state index in [1.807, 2.05) is 0 Å². The third-order valence-electron chi connectivity index (χ3n) is 2.16. The molecule has 0 fully saturated rings. The minimum absolute atomic E-state index is 0.0514. The van der Waals surface area contributed by atoms with Gasteiger partial charge in [0.15, 0.2) is 0 Å². The first-order chi connectivity index (χ1) is 7.37. The van der Waals surface area contributed by atoms with Crippen molar-refractivity contribution < 1.29 is 18.3 Å². The lowest BCUT2D eigenvalue weighted by Crippen LogP contribution is -2.15. The number of carbonyl (C=O) groups excluding carboxylic acids is 1. The molecule has 0 aromatic carbocycles. The molecule has 0 radical (unpaired) electrons. The highest BCUT2D eigenvalue weighted by Crippen LogP contribution is 2.21. The van der Waals surface area contributed by atoms with Gasteiger partial charge in [0.05, 0.1) is 12.4 Å². The third-order valence-corrected chi connectivity index (χ3v) is 3.38. The zero-order valence-corrected chi connectivity index (χ0v) is 10.9. The number of alkyl halides is 2. The van der Waals surface area contributed by atoms with Gasteiger partial charge in [-0.15, -0.1) is 11.8 Å². The number of rotatable bonds is 8. The molecule has 1 unspecified atom stereocenters. The molecule has 0 aliphatic rings. The Bertz CT molecular complexity index is 205. The van der Waals surface area contributed by atoms with Crippen LogP contribution in [-0.2, 0) is 9.53 Å². The molecule has 0 bridgehead atoms. The second-order valence-electron chi connectivity index (χ2n) is 3.92. The molecular weight excluding hydrogens is 234 g/mol. The Labute approximate surface area is 100 Å².